The van der Waals surface area contributed by atoms with Crippen molar-refractivity contribution in [3.05, 3.63) is 53.6 Å². The van der Waals surface area contributed by atoms with Crippen molar-refractivity contribution in [2.45, 2.75) is 31.9 Å². The molecule has 25 heavy (non-hydrogen) atoms. The molecule has 1 aliphatic heterocycles. The summed E-state index contributed by atoms with van der Waals surface area (Å²) in [6, 6.07) is 14.0. The van der Waals surface area contributed by atoms with Crippen LogP contribution in [0.3, 0.4) is 0 Å². The van der Waals surface area contributed by atoms with Crippen LogP contribution in [0.5, 0.6) is 11.5 Å². The molecular formula is C20H23NO3S. The standard InChI is InChI=1S/C20H23NO3S/c1-3-14(2)16-5-7-17(8-6-16)21-20(22)12-25-11-15-4-9-18-19(10-15)24-13-23-18/h4-10,14H,3,11-13H2,1-2H3,(H,21,22)/t14-/m0/s1. The number of amides is 1. The van der Waals surface area contributed by atoms with Crippen molar-refractivity contribution < 1.29 is 14.3 Å². The molecule has 2 aromatic rings. The Hall–Kier alpha value is -2.14. The second-order valence-corrected chi connectivity index (χ2v) is 7.15. The summed E-state index contributed by atoms with van der Waals surface area (Å²) < 4.78 is 10.7. The fraction of sp³-hybridized carbons (Fsp3) is 0.350. The van der Waals surface area contributed by atoms with Crippen molar-refractivity contribution in [3.8, 4) is 11.5 Å². The minimum absolute atomic E-state index is 0.0158. The van der Waals surface area contributed by atoms with Crippen LogP contribution < -0.4 is 14.8 Å². The number of carbonyl (C=O) groups excluding carboxylic acids is 1. The molecule has 4 nitrogen and oxygen atoms in total. The predicted octanol–water partition coefficient (Wildman–Crippen LogP) is 4.80. The number of ether oxygens (including phenoxy) is 2. The van der Waals surface area contributed by atoms with Gasteiger partial charge < -0.3 is 14.8 Å². The van der Waals surface area contributed by atoms with E-state index in [4.69, 9.17) is 9.47 Å². The van der Waals surface area contributed by atoms with Gasteiger partial charge in [-0.05, 0) is 47.7 Å². The maximum Gasteiger partial charge on any atom is 0.234 e. The zero-order chi connectivity index (χ0) is 17.6. The van der Waals surface area contributed by atoms with Crippen LogP contribution in [0.1, 0.15) is 37.3 Å². The molecule has 0 radical (unpaired) electrons. The summed E-state index contributed by atoms with van der Waals surface area (Å²) in [4.78, 5) is 12.1. The van der Waals surface area contributed by atoms with Crippen molar-refractivity contribution in [2.75, 3.05) is 17.9 Å². The Labute approximate surface area is 152 Å². The van der Waals surface area contributed by atoms with E-state index in [1.54, 1.807) is 11.8 Å². The molecule has 0 aliphatic carbocycles. The van der Waals surface area contributed by atoms with Crippen molar-refractivity contribution >= 4 is 23.4 Å². The van der Waals surface area contributed by atoms with E-state index in [-0.39, 0.29) is 12.7 Å². The third-order valence-electron chi connectivity index (χ3n) is 4.31. The van der Waals surface area contributed by atoms with Crippen LogP contribution >= 0.6 is 11.8 Å². The van der Waals surface area contributed by atoms with E-state index < -0.39 is 0 Å². The van der Waals surface area contributed by atoms with Gasteiger partial charge in [0.2, 0.25) is 12.7 Å². The highest BCUT2D eigenvalue weighted by Gasteiger charge is 2.13. The summed E-state index contributed by atoms with van der Waals surface area (Å²) in [6.45, 7) is 4.67. The van der Waals surface area contributed by atoms with Gasteiger partial charge in [0.25, 0.3) is 0 Å². The molecule has 0 unspecified atom stereocenters. The van der Waals surface area contributed by atoms with Crippen LogP contribution in [0.4, 0.5) is 5.69 Å². The van der Waals surface area contributed by atoms with Gasteiger partial charge in [0.1, 0.15) is 0 Å². The summed E-state index contributed by atoms with van der Waals surface area (Å²) in [5.41, 5.74) is 3.28. The fourth-order valence-electron chi connectivity index (χ4n) is 2.62. The summed E-state index contributed by atoms with van der Waals surface area (Å²) in [6.07, 6.45) is 1.11. The molecule has 132 valence electrons. The van der Waals surface area contributed by atoms with Gasteiger partial charge in [-0.25, -0.2) is 0 Å². The van der Waals surface area contributed by atoms with Crippen molar-refractivity contribution in [3.63, 3.8) is 0 Å². The minimum Gasteiger partial charge on any atom is -0.454 e. The number of fused-ring (bicyclic) bond motifs is 1. The first-order valence-corrected chi connectivity index (χ1v) is 9.67. The number of anilines is 1. The van der Waals surface area contributed by atoms with Crippen LogP contribution in [-0.2, 0) is 10.5 Å². The van der Waals surface area contributed by atoms with Crippen LogP contribution in [-0.4, -0.2) is 18.5 Å². The first-order valence-electron chi connectivity index (χ1n) is 8.51. The van der Waals surface area contributed by atoms with Crippen molar-refractivity contribution in [1.29, 1.82) is 0 Å². The molecule has 2 aromatic carbocycles. The molecule has 0 spiro atoms. The molecule has 3 rings (SSSR count). The third kappa shape index (κ3) is 4.69. The number of carbonyl (C=O) groups is 1. The molecule has 1 heterocycles. The highest BCUT2D eigenvalue weighted by molar-refractivity contribution is 7.99. The average molecular weight is 357 g/mol. The lowest BCUT2D eigenvalue weighted by molar-refractivity contribution is -0.113. The lowest BCUT2D eigenvalue weighted by Crippen LogP contribution is -2.14. The molecule has 1 amide bonds. The van der Waals surface area contributed by atoms with Gasteiger partial charge in [-0.3, -0.25) is 4.79 Å². The Bertz CT molecular complexity index is 730. The summed E-state index contributed by atoms with van der Waals surface area (Å²) in [7, 11) is 0. The summed E-state index contributed by atoms with van der Waals surface area (Å²) >= 11 is 1.58. The van der Waals surface area contributed by atoms with Gasteiger partial charge in [0.15, 0.2) is 11.5 Å². The number of nitrogens with one attached hydrogen (secondary N) is 1. The molecule has 0 saturated heterocycles. The molecule has 1 atom stereocenters. The van der Waals surface area contributed by atoms with E-state index >= 15 is 0 Å². The maximum absolute atomic E-state index is 12.1. The molecular weight excluding hydrogens is 334 g/mol. The number of rotatable bonds is 7. The van der Waals surface area contributed by atoms with E-state index in [9.17, 15) is 4.79 Å². The van der Waals surface area contributed by atoms with Gasteiger partial charge in [0.05, 0.1) is 5.75 Å². The zero-order valence-corrected chi connectivity index (χ0v) is 15.4. The first kappa shape index (κ1) is 17.7. The van der Waals surface area contributed by atoms with Crippen LogP contribution in [0.2, 0.25) is 0 Å². The van der Waals surface area contributed by atoms with E-state index in [1.807, 2.05) is 30.3 Å². The Morgan fingerprint density at radius 3 is 2.68 bits per heavy atom. The SMILES string of the molecule is CC[C@H](C)c1ccc(NC(=O)CSCc2ccc3c(c2)OCO3)cc1. The van der Waals surface area contributed by atoms with Gasteiger partial charge in [-0.2, -0.15) is 0 Å². The Morgan fingerprint density at radius 1 is 1.16 bits per heavy atom. The quantitative estimate of drug-likeness (QED) is 0.773. The lowest BCUT2D eigenvalue weighted by Gasteiger charge is -2.10. The second-order valence-electron chi connectivity index (χ2n) is 6.16. The first-order chi connectivity index (χ1) is 12.2. The monoisotopic (exact) mass is 357 g/mol. The Kier molecular flexibility index (Phi) is 5.87. The summed E-state index contributed by atoms with van der Waals surface area (Å²) in [5, 5.41) is 2.95. The maximum atomic E-state index is 12.1. The average Bonchev–Trinajstić information content (AvgIpc) is 3.09. The third-order valence-corrected chi connectivity index (χ3v) is 5.32. The highest BCUT2D eigenvalue weighted by atomic mass is 32.2. The molecule has 0 aromatic heterocycles. The zero-order valence-electron chi connectivity index (χ0n) is 14.6. The predicted molar refractivity (Wildman–Crippen MR) is 103 cm³/mol. The second kappa shape index (κ2) is 8.30. The number of benzene rings is 2. The Balaban J connectivity index is 1.45. The topological polar surface area (TPSA) is 47.6 Å². The Morgan fingerprint density at radius 2 is 1.92 bits per heavy atom. The van der Waals surface area contributed by atoms with Gasteiger partial charge in [0, 0.05) is 11.4 Å². The number of thioether (sulfide) groups is 1. The smallest absolute Gasteiger partial charge is 0.234 e. The van der Waals surface area contributed by atoms with Gasteiger partial charge >= 0.3 is 0 Å². The molecule has 0 saturated carbocycles. The van der Waals surface area contributed by atoms with Gasteiger partial charge in [-0.1, -0.05) is 32.0 Å². The fourth-order valence-corrected chi connectivity index (χ4v) is 3.39. The normalized spacial score (nSPS) is 13.5. The molecule has 1 N–H and O–H groups in total. The molecule has 1 aliphatic rings. The lowest BCUT2D eigenvalue weighted by atomic mass is 9.99. The van der Waals surface area contributed by atoms with Crippen LogP contribution in [0, 0.1) is 0 Å². The van der Waals surface area contributed by atoms with E-state index in [0.29, 0.717) is 11.7 Å². The highest BCUT2D eigenvalue weighted by Crippen LogP contribution is 2.33. The molecule has 0 bridgehead atoms. The largest absolute Gasteiger partial charge is 0.454 e. The summed E-state index contributed by atoms with van der Waals surface area (Å²) in [5.74, 6) is 3.30. The van der Waals surface area contributed by atoms with Crippen molar-refractivity contribution in [2.24, 2.45) is 0 Å². The van der Waals surface area contributed by atoms with E-state index in [0.717, 1.165) is 34.9 Å². The molecule has 5 heteroatoms. The number of hydrogen-bond acceptors (Lipinski definition) is 4. The number of hydrogen-bond donors (Lipinski definition) is 1. The van der Waals surface area contributed by atoms with Gasteiger partial charge in [-0.15, -0.1) is 11.8 Å². The van der Waals surface area contributed by atoms with Crippen LogP contribution in [0.15, 0.2) is 42.5 Å². The van der Waals surface area contributed by atoms with Crippen LogP contribution in [0.25, 0.3) is 0 Å². The van der Waals surface area contributed by atoms with Crippen molar-refractivity contribution in [1.82, 2.24) is 0 Å². The molecule has 0 fully saturated rings. The van der Waals surface area contributed by atoms with E-state index in [1.165, 1.54) is 5.56 Å². The minimum atomic E-state index is 0.0158. The van der Waals surface area contributed by atoms with E-state index in [2.05, 4.69) is 31.3 Å².